The lowest BCUT2D eigenvalue weighted by Gasteiger charge is -2.20. The van der Waals surface area contributed by atoms with Crippen LogP contribution in [0.1, 0.15) is 10.4 Å². The maximum absolute atomic E-state index is 12.1. The van der Waals surface area contributed by atoms with Crippen LogP contribution in [0.5, 0.6) is 5.75 Å². The molecule has 20 heavy (non-hydrogen) atoms. The van der Waals surface area contributed by atoms with Crippen molar-refractivity contribution in [1.29, 1.82) is 0 Å². The summed E-state index contributed by atoms with van der Waals surface area (Å²) in [6.07, 6.45) is 0. The van der Waals surface area contributed by atoms with Crippen molar-refractivity contribution < 1.29 is 23.0 Å². The summed E-state index contributed by atoms with van der Waals surface area (Å²) < 4.78 is 33.1. The van der Waals surface area contributed by atoms with Crippen LogP contribution in [0.2, 0.25) is 0 Å². The minimum absolute atomic E-state index is 0.00815. The Morgan fingerprint density at radius 1 is 1.35 bits per heavy atom. The molecule has 0 aromatic heterocycles. The van der Waals surface area contributed by atoms with Crippen molar-refractivity contribution >= 4 is 17.5 Å². The highest BCUT2D eigenvalue weighted by Crippen LogP contribution is 2.16. The predicted octanol–water partition coefficient (Wildman–Crippen LogP) is 2.61. The number of amides is 1. The first kappa shape index (κ1) is 16.7. The summed E-state index contributed by atoms with van der Waals surface area (Å²) in [5.41, 5.74) is 0.371. The lowest BCUT2D eigenvalue weighted by atomic mass is 10.2. The Hall–Kier alpha value is -1.40. The van der Waals surface area contributed by atoms with Gasteiger partial charge in [-0.25, -0.2) is 0 Å². The number of methoxy groups -OCH3 is 1. The maximum Gasteiger partial charge on any atom is 0.387 e. The topological polar surface area (TPSA) is 38.8 Å². The van der Waals surface area contributed by atoms with Crippen LogP contribution in [0, 0.1) is 0 Å². The fourth-order valence-electron chi connectivity index (χ4n) is 1.61. The molecule has 0 spiro atoms. The van der Waals surface area contributed by atoms with Gasteiger partial charge in [-0.15, -0.1) is 11.6 Å². The molecule has 0 saturated heterocycles. The van der Waals surface area contributed by atoms with E-state index >= 15 is 0 Å². The molecular formula is C13H16ClF2NO3. The van der Waals surface area contributed by atoms with Gasteiger partial charge in [-0.2, -0.15) is 8.78 Å². The summed E-state index contributed by atoms with van der Waals surface area (Å²) >= 11 is 5.97. The third-order valence-corrected chi connectivity index (χ3v) is 2.76. The maximum atomic E-state index is 12.1. The van der Waals surface area contributed by atoms with E-state index in [1.54, 1.807) is 7.05 Å². The number of halogens is 3. The van der Waals surface area contributed by atoms with Crippen molar-refractivity contribution in [1.82, 2.24) is 4.90 Å². The molecule has 0 aliphatic carbocycles. The van der Waals surface area contributed by atoms with Crippen molar-refractivity contribution in [3.05, 3.63) is 29.8 Å². The van der Waals surface area contributed by atoms with Crippen LogP contribution in [0.15, 0.2) is 24.3 Å². The molecule has 1 aromatic carbocycles. The smallest absolute Gasteiger partial charge is 0.387 e. The van der Waals surface area contributed by atoms with Crippen LogP contribution in [-0.2, 0) is 4.74 Å². The van der Waals surface area contributed by atoms with E-state index in [9.17, 15) is 13.6 Å². The van der Waals surface area contributed by atoms with E-state index in [1.165, 1.54) is 36.3 Å². The molecule has 1 rings (SSSR count). The summed E-state index contributed by atoms with van der Waals surface area (Å²) in [6, 6.07) is 5.49. The zero-order valence-electron chi connectivity index (χ0n) is 11.2. The van der Waals surface area contributed by atoms with Crippen LogP contribution in [0.3, 0.4) is 0 Å². The predicted molar refractivity (Wildman–Crippen MR) is 71.6 cm³/mol. The van der Waals surface area contributed by atoms with Gasteiger partial charge in [0.05, 0.1) is 12.0 Å². The highest BCUT2D eigenvalue weighted by Gasteiger charge is 2.16. The van der Waals surface area contributed by atoms with Gasteiger partial charge in [0.2, 0.25) is 0 Å². The lowest BCUT2D eigenvalue weighted by Crippen LogP contribution is -2.33. The van der Waals surface area contributed by atoms with E-state index < -0.39 is 6.61 Å². The molecule has 7 heteroatoms. The molecule has 0 N–H and O–H groups in total. The number of carbonyl (C=O) groups excluding carboxylic acids is 1. The Kier molecular flexibility index (Phi) is 6.67. The largest absolute Gasteiger partial charge is 0.435 e. The summed E-state index contributed by atoms with van der Waals surface area (Å²) in [5, 5.41) is -0.310. The SMILES string of the molecule is COCC(Cl)CN(C)C(=O)c1ccc(OC(F)F)cc1. The number of benzene rings is 1. The van der Waals surface area contributed by atoms with Crippen LogP contribution in [0.4, 0.5) is 8.78 Å². The lowest BCUT2D eigenvalue weighted by molar-refractivity contribution is -0.0498. The standard InChI is InChI=1S/C13H16ClF2NO3/c1-17(7-10(14)8-19-2)12(18)9-3-5-11(6-4-9)20-13(15)16/h3-6,10,13H,7-8H2,1-2H3. The molecule has 0 heterocycles. The fourth-order valence-corrected chi connectivity index (χ4v) is 1.95. The van der Waals surface area contributed by atoms with E-state index in [0.717, 1.165) is 0 Å². The molecule has 0 saturated carbocycles. The Labute approximate surface area is 121 Å². The Morgan fingerprint density at radius 3 is 2.45 bits per heavy atom. The molecule has 0 aliphatic heterocycles. The number of hydrogen-bond acceptors (Lipinski definition) is 3. The van der Waals surface area contributed by atoms with Gasteiger partial charge in [0.15, 0.2) is 0 Å². The van der Waals surface area contributed by atoms with E-state index in [0.29, 0.717) is 18.7 Å². The summed E-state index contributed by atoms with van der Waals surface area (Å²) in [4.78, 5) is 13.5. The van der Waals surface area contributed by atoms with Crippen molar-refractivity contribution in [2.75, 3.05) is 27.3 Å². The molecular weight excluding hydrogens is 292 g/mol. The van der Waals surface area contributed by atoms with Crippen molar-refractivity contribution in [2.45, 2.75) is 12.0 Å². The molecule has 0 fully saturated rings. The van der Waals surface area contributed by atoms with Crippen molar-refractivity contribution in [3.8, 4) is 5.75 Å². The van der Waals surface area contributed by atoms with Crippen molar-refractivity contribution in [2.24, 2.45) is 0 Å². The first-order valence-corrected chi connectivity index (χ1v) is 6.31. The Bertz CT molecular complexity index is 428. The van der Waals surface area contributed by atoms with Gasteiger partial charge in [-0.05, 0) is 24.3 Å². The van der Waals surface area contributed by atoms with Gasteiger partial charge in [-0.3, -0.25) is 4.79 Å². The molecule has 0 bridgehead atoms. The molecule has 4 nitrogen and oxygen atoms in total. The monoisotopic (exact) mass is 307 g/mol. The number of nitrogens with zero attached hydrogens (tertiary/aromatic N) is 1. The van der Waals surface area contributed by atoms with Crippen LogP contribution in [0.25, 0.3) is 0 Å². The average Bonchev–Trinajstić information content (AvgIpc) is 2.38. The summed E-state index contributed by atoms with van der Waals surface area (Å²) in [7, 11) is 3.13. The van der Waals surface area contributed by atoms with Gasteiger partial charge in [-0.1, -0.05) is 0 Å². The van der Waals surface area contributed by atoms with E-state index in [-0.39, 0.29) is 17.0 Å². The number of hydrogen-bond donors (Lipinski definition) is 0. The number of alkyl halides is 3. The molecule has 0 aliphatic rings. The zero-order valence-corrected chi connectivity index (χ0v) is 11.9. The van der Waals surface area contributed by atoms with Crippen LogP contribution in [-0.4, -0.2) is 50.1 Å². The number of carbonyl (C=O) groups is 1. The van der Waals surface area contributed by atoms with Crippen molar-refractivity contribution in [3.63, 3.8) is 0 Å². The Morgan fingerprint density at radius 2 is 1.95 bits per heavy atom. The molecule has 1 amide bonds. The van der Waals surface area contributed by atoms with E-state index in [4.69, 9.17) is 16.3 Å². The second-order valence-corrected chi connectivity index (χ2v) is 4.76. The van der Waals surface area contributed by atoms with Gasteiger partial charge in [0, 0.05) is 26.3 Å². The van der Waals surface area contributed by atoms with Crippen LogP contribution >= 0.6 is 11.6 Å². The highest BCUT2D eigenvalue weighted by molar-refractivity contribution is 6.21. The second kappa shape index (κ2) is 8.01. The van der Waals surface area contributed by atoms with Gasteiger partial charge < -0.3 is 14.4 Å². The third kappa shape index (κ3) is 5.30. The number of ether oxygens (including phenoxy) is 2. The summed E-state index contributed by atoms with van der Waals surface area (Å²) in [6.45, 7) is -2.23. The molecule has 1 unspecified atom stereocenters. The normalized spacial score (nSPS) is 12.3. The first-order valence-electron chi connectivity index (χ1n) is 5.87. The minimum Gasteiger partial charge on any atom is -0.435 e. The average molecular weight is 308 g/mol. The zero-order chi connectivity index (χ0) is 15.1. The number of rotatable bonds is 7. The van der Waals surface area contributed by atoms with E-state index in [1.807, 2.05) is 0 Å². The highest BCUT2D eigenvalue weighted by atomic mass is 35.5. The van der Waals surface area contributed by atoms with E-state index in [2.05, 4.69) is 4.74 Å². The van der Waals surface area contributed by atoms with Gasteiger partial charge in [0.25, 0.3) is 5.91 Å². The first-order chi connectivity index (χ1) is 9.43. The quantitative estimate of drug-likeness (QED) is 0.727. The molecule has 1 atom stereocenters. The van der Waals surface area contributed by atoms with Gasteiger partial charge >= 0.3 is 6.61 Å². The third-order valence-electron chi connectivity index (χ3n) is 2.49. The molecule has 0 radical (unpaired) electrons. The second-order valence-electron chi connectivity index (χ2n) is 4.14. The molecule has 1 aromatic rings. The molecule has 112 valence electrons. The minimum atomic E-state index is -2.88. The Balaban J connectivity index is 2.62. The fraction of sp³-hybridized carbons (Fsp3) is 0.462. The van der Waals surface area contributed by atoms with Crippen LogP contribution < -0.4 is 4.74 Å². The van der Waals surface area contributed by atoms with Gasteiger partial charge in [0.1, 0.15) is 5.75 Å². The summed E-state index contributed by atoms with van der Waals surface area (Å²) in [5.74, 6) is -0.246.